The van der Waals surface area contributed by atoms with Crippen LogP contribution in [0.1, 0.15) is 41.6 Å². The first-order valence-corrected chi connectivity index (χ1v) is 13.8. The van der Waals surface area contributed by atoms with Gasteiger partial charge in [-0.2, -0.15) is 0 Å². The van der Waals surface area contributed by atoms with E-state index in [1.165, 1.54) is 11.1 Å². The van der Waals surface area contributed by atoms with E-state index in [1.54, 1.807) is 7.11 Å². The summed E-state index contributed by atoms with van der Waals surface area (Å²) in [6.07, 6.45) is 5.01. The van der Waals surface area contributed by atoms with Crippen molar-refractivity contribution in [3.05, 3.63) is 77.1 Å². The van der Waals surface area contributed by atoms with E-state index in [2.05, 4.69) is 44.9 Å². The highest BCUT2D eigenvalue weighted by Crippen LogP contribution is 2.36. The van der Waals surface area contributed by atoms with Crippen LogP contribution in [0.25, 0.3) is 0 Å². The Hall–Kier alpha value is -3.72. The van der Waals surface area contributed by atoms with Gasteiger partial charge in [0.25, 0.3) is 0 Å². The summed E-state index contributed by atoms with van der Waals surface area (Å²) in [5.41, 5.74) is 3.63. The fraction of sp³-hybridized carbons (Fsp3) is 0.467. The molecule has 0 aliphatic carbocycles. The van der Waals surface area contributed by atoms with Gasteiger partial charge in [0.1, 0.15) is 11.8 Å². The first-order valence-electron chi connectivity index (χ1n) is 13.8. The van der Waals surface area contributed by atoms with E-state index >= 15 is 0 Å². The number of hydrogen-bond acceptors (Lipinski definition) is 6. The monoisotopic (exact) mass is 530 g/mol. The van der Waals surface area contributed by atoms with E-state index in [4.69, 9.17) is 4.74 Å². The smallest absolute Gasteiger partial charge is 0.242 e. The van der Waals surface area contributed by atoms with Gasteiger partial charge in [-0.25, -0.2) is 0 Å². The lowest BCUT2D eigenvalue weighted by Gasteiger charge is -2.41. The molecule has 2 bridgehead atoms. The van der Waals surface area contributed by atoms with E-state index in [-0.39, 0.29) is 11.8 Å². The van der Waals surface area contributed by atoms with Crippen LogP contribution in [0.3, 0.4) is 0 Å². The zero-order valence-corrected chi connectivity index (χ0v) is 22.9. The molecule has 206 valence electrons. The van der Waals surface area contributed by atoms with Crippen molar-refractivity contribution in [1.29, 1.82) is 0 Å². The van der Waals surface area contributed by atoms with Crippen molar-refractivity contribution in [1.82, 2.24) is 30.5 Å². The normalized spacial score (nSPS) is 20.3. The van der Waals surface area contributed by atoms with Crippen molar-refractivity contribution >= 4 is 11.8 Å². The largest absolute Gasteiger partial charge is 0.497 e. The molecule has 2 aliphatic rings. The number of hydrogen-bond donors (Lipinski definition) is 2. The van der Waals surface area contributed by atoms with Crippen LogP contribution in [0.15, 0.2) is 54.7 Å². The van der Waals surface area contributed by atoms with Crippen LogP contribution in [0, 0.1) is 12.3 Å². The molecule has 0 radical (unpaired) electrons. The van der Waals surface area contributed by atoms with Crippen LogP contribution in [-0.4, -0.2) is 64.5 Å². The number of likely N-dealkylation sites (tertiary alicyclic amines) is 1. The van der Waals surface area contributed by atoms with E-state index in [9.17, 15) is 9.59 Å². The number of benzene rings is 2. The molecule has 1 fully saturated rings. The third-order valence-corrected chi connectivity index (χ3v) is 8.11. The summed E-state index contributed by atoms with van der Waals surface area (Å²) in [6, 6.07) is 15.4. The van der Waals surface area contributed by atoms with Crippen LogP contribution in [0.5, 0.6) is 5.75 Å². The van der Waals surface area contributed by atoms with Crippen molar-refractivity contribution in [2.24, 2.45) is 5.41 Å². The Labute approximate surface area is 229 Å². The van der Waals surface area contributed by atoms with Gasteiger partial charge in [-0.05, 0) is 68.1 Å². The summed E-state index contributed by atoms with van der Waals surface area (Å²) in [4.78, 5) is 29.7. The van der Waals surface area contributed by atoms with Gasteiger partial charge in [0, 0.05) is 38.7 Å². The molecule has 9 nitrogen and oxygen atoms in total. The van der Waals surface area contributed by atoms with Gasteiger partial charge in [-0.15, -0.1) is 5.10 Å². The number of nitrogens with zero attached hydrogens (tertiary/aromatic N) is 4. The second-order valence-electron chi connectivity index (χ2n) is 10.9. The van der Waals surface area contributed by atoms with Crippen LogP contribution < -0.4 is 15.4 Å². The minimum atomic E-state index is -0.657. The second-order valence-corrected chi connectivity index (χ2v) is 10.9. The molecule has 3 heterocycles. The SMILES string of the molecule is COc1ccc(CN2CCC3(CC2)Cc2cn(nn2)CCCNC(=O)[C@H](Cc2ccccc2)NC3=O)c(C)c1. The minimum Gasteiger partial charge on any atom is -0.497 e. The van der Waals surface area contributed by atoms with Crippen LogP contribution in [0.4, 0.5) is 0 Å². The summed E-state index contributed by atoms with van der Waals surface area (Å²) in [5.74, 6) is 0.636. The van der Waals surface area contributed by atoms with Crippen LogP contribution in [0.2, 0.25) is 0 Å². The number of amides is 2. The Kier molecular flexibility index (Phi) is 8.26. The highest BCUT2D eigenvalue weighted by molar-refractivity contribution is 5.90. The van der Waals surface area contributed by atoms with Gasteiger partial charge in [-0.3, -0.25) is 19.2 Å². The number of nitrogens with one attached hydrogen (secondary N) is 2. The van der Waals surface area contributed by atoms with E-state index in [0.29, 0.717) is 38.8 Å². The van der Waals surface area contributed by atoms with Gasteiger partial charge >= 0.3 is 0 Å². The molecule has 39 heavy (non-hydrogen) atoms. The van der Waals surface area contributed by atoms with Crippen LogP contribution >= 0.6 is 0 Å². The van der Waals surface area contributed by atoms with Gasteiger partial charge < -0.3 is 15.4 Å². The number of aryl methyl sites for hydroxylation is 2. The van der Waals surface area contributed by atoms with E-state index < -0.39 is 11.5 Å². The lowest BCUT2D eigenvalue weighted by atomic mass is 9.73. The Morgan fingerprint density at radius 1 is 1.08 bits per heavy atom. The minimum absolute atomic E-state index is 0.0762. The molecule has 9 heteroatoms. The Morgan fingerprint density at radius 3 is 2.62 bits per heavy atom. The summed E-state index contributed by atoms with van der Waals surface area (Å²) >= 11 is 0. The van der Waals surface area contributed by atoms with Gasteiger partial charge in [0.05, 0.1) is 18.2 Å². The summed E-state index contributed by atoms with van der Waals surface area (Å²) in [5, 5.41) is 14.9. The number of ether oxygens (including phenoxy) is 1. The molecule has 2 amide bonds. The van der Waals surface area contributed by atoms with Gasteiger partial charge in [-0.1, -0.05) is 41.6 Å². The first-order chi connectivity index (χ1) is 18.9. The molecule has 1 spiro atoms. The molecular formula is C30H38N6O3. The van der Waals surface area contributed by atoms with Crippen molar-refractivity contribution in [2.45, 2.75) is 58.2 Å². The van der Waals surface area contributed by atoms with Crippen molar-refractivity contribution < 1.29 is 14.3 Å². The second kappa shape index (κ2) is 12.0. The lowest BCUT2D eigenvalue weighted by Crippen LogP contribution is -2.56. The molecule has 5 rings (SSSR count). The molecule has 0 saturated carbocycles. The predicted molar refractivity (Wildman–Crippen MR) is 148 cm³/mol. The summed E-state index contributed by atoms with van der Waals surface area (Å²) < 4.78 is 7.17. The quantitative estimate of drug-likeness (QED) is 0.526. The van der Waals surface area contributed by atoms with Gasteiger partial charge in [0.2, 0.25) is 11.8 Å². The fourth-order valence-corrected chi connectivity index (χ4v) is 5.66. The maximum atomic E-state index is 14.1. The standard InChI is InChI=1S/C30H38N6O3/c1-22-17-26(39-2)10-9-24(22)20-35-15-11-30(12-16-35)19-25-21-36(34-33-25)14-6-13-31-28(37)27(32-29(30)38)18-23-7-4-3-5-8-23/h3-5,7-10,17,21,27H,6,11-16,18-20H2,1-2H3,(H,31,37)(H,32,38)/t27-/m0/s1. The summed E-state index contributed by atoms with van der Waals surface area (Å²) in [6.45, 7) is 5.67. The van der Waals surface area contributed by atoms with Crippen molar-refractivity contribution in [3.63, 3.8) is 0 Å². The number of piperidine rings is 1. The molecule has 2 aromatic carbocycles. The van der Waals surface area contributed by atoms with Crippen molar-refractivity contribution in [2.75, 3.05) is 26.7 Å². The number of fused-ring (bicyclic) bond motifs is 2. The average molecular weight is 531 g/mol. The number of aromatic nitrogens is 3. The first kappa shape index (κ1) is 26.9. The van der Waals surface area contributed by atoms with Crippen molar-refractivity contribution in [3.8, 4) is 5.75 Å². The number of methoxy groups -OCH3 is 1. The molecule has 0 unspecified atom stereocenters. The molecule has 2 N–H and O–H groups in total. The lowest BCUT2D eigenvalue weighted by molar-refractivity contribution is -0.137. The highest BCUT2D eigenvalue weighted by Gasteiger charge is 2.43. The maximum absolute atomic E-state index is 14.1. The highest BCUT2D eigenvalue weighted by atomic mass is 16.5. The number of carbonyl (C=O) groups excluding carboxylic acids is 2. The zero-order chi connectivity index (χ0) is 27.2. The third-order valence-electron chi connectivity index (χ3n) is 8.11. The Morgan fingerprint density at radius 2 is 1.87 bits per heavy atom. The Balaban J connectivity index is 1.36. The number of rotatable bonds is 5. The third kappa shape index (κ3) is 6.47. The van der Waals surface area contributed by atoms with Crippen LogP contribution in [-0.2, 0) is 35.5 Å². The molecular weight excluding hydrogens is 492 g/mol. The average Bonchev–Trinajstić information content (AvgIpc) is 3.39. The van der Waals surface area contributed by atoms with Gasteiger partial charge in [0.15, 0.2) is 0 Å². The topological polar surface area (TPSA) is 101 Å². The van der Waals surface area contributed by atoms with E-state index in [0.717, 1.165) is 43.1 Å². The maximum Gasteiger partial charge on any atom is 0.242 e. The molecule has 1 saturated heterocycles. The molecule has 1 aromatic heterocycles. The molecule has 1 atom stereocenters. The predicted octanol–water partition coefficient (Wildman–Crippen LogP) is 2.67. The van der Waals surface area contributed by atoms with E-state index in [1.807, 2.05) is 47.3 Å². The summed E-state index contributed by atoms with van der Waals surface area (Å²) in [7, 11) is 1.68. The zero-order valence-electron chi connectivity index (χ0n) is 22.9. The molecule has 2 aliphatic heterocycles. The molecule has 3 aromatic rings. The Bertz CT molecular complexity index is 1280. The fourth-order valence-electron chi connectivity index (χ4n) is 5.66. The number of carbonyl (C=O) groups is 2.